The van der Waals surface area contributed by atoms with Crippen LogP contribution in [0.4, 0.5) is 0 Å². The SMILES string of the molecule is CCC/C=C/COc1c(OC/C=C/CCC)c2ccc(C=C3SC(SC)=C(SC)S3)c3ccc4c(C=C5SC(SC)=C(SC)S5)ccc1c4c32. The first kappa shape index (κ1) is 38.5. The van der Waals surface area contributed by atoms with Crippen LogP contribution in [0, 0.1) is 0 Å². The van der Waals surface area contributed by atoms with Gasteiger partial charge in [-0.2, -0.15) is 0 Å². The van der Waals surface area contributed by atoms with Crippen LogP contribution in [-0.4, -0.2) is 38.2 Å². The maximum absolute atomic E-state index is 6.69. The molecule has 0 fully saturated rings. The van der Waals surface area contributed by atoms with Crippen molar-refractivity contribution >= 4 is 139 Å². The zero-order chi connectivity index (χ0) is 35.0. The summed E-state index contributed by atoms with van der Waals surface area (Å²) in [6, 6.07) is 13.7. The third kappa shape index (κ3) is 8.43. The lowest BCUT2D eigenvalue weighted by Gasteiger charge is -2.21. The summed E-state index contributed by atoms with van der Waals surface area (Å²) in [6.07, 6.45) is 26.5. The molecule has 50 heavy (non-hydrogen) atoms. The molecule has 0 bridgehead atoms. The summed E-state index contributed by atoms with van der Waals surface area (Å²) in [7, 11) is 0. The summed E-state index contributed by atoms with van der Waals surface area (Å²) in [5, 5.41) is 7.16. The summed E-state index contributed by atoms with van der Waals surface area (Å²) in [5.74, 6) is 1.65. The van der Waals surface area contributed by atoms with E-state index in [2.05, 4.69) is 112 Å². The minimum absolute atomic E-state index is 0.502. The highest BCUT2D eigenvalue weighted by Gasteiger charge is 2.25. The van der Waals surface area contributed by atoms with Crippen LogP contribution >= 0.6 is 94.1 Å². The van der Waals surface area contributed by atoms with Gasteiger partial charge in [-0.05, 0) is 84.0 Å². The molecule has 0 saturated heterocycles. The van der Waals surface area contributed by atoms with Crippen LogP contribution in [0.3, 0.4) is 0 Å². The fourth-order valence-corrected chi connectivity index (χ4v) is 15.8. The number of allylic oxidation sites excluding steroid dienone is 2. The molecule has 4 aromatic carbocycles. The standard InChI is InChI=1S/C40H42O2S8/c1-7-9-11-13-21-41-35-29-17-15-25(23-31-47-37(43-3)38(44-4)48-31)27-19-20-28-26(24-32-49-39(45-5)40(46-6)50-32)16-18-30(34(28)33(27)29)36(35)42-22-14-12-10-8-2/h11-20,23-24H,7-10,21-22H2,1-6H3/b13-11+,14-12+. The number of benzene rings is 4. The van der Waals surface area contributed by atoms with E-state index in [4.69, 9.17) is 9.47 Å². The van der Waals surface area contributed by atoms with Crippen molar-refractivity contribution in [2.24, 2.45) is 0 Å². The number of thioether (sulfide) groups is 8. The molecule has 0 spiro atoms. The van der Waals surface area contributed by atoms with Gasteiger partial charge in [0.15, 0.2) is 11.5 Å². The molecule has 0 N–H and O–H groups in total. The van der Waals surface area contributed by atoms with Gasteiger partial charge in [-0.3, -0.25) is 0 Å². The summed E-state index contributed by atoms with van der Waals surface area (Å²) >= 11 is 14.9. The fraction of sp³-hybridized carbons (Fsp3) is 0.300. The Balaban J connectivity index is 1.55. The van der Waals surface area contributed by atoms with Gasteiger partial charge in [-0.15, -0.1) is 47.0 Å². The molecule has 2 aliphatic heterocycles. The van der Waals surface area contributed by atoms with Crippen molar-refractivity contribution in [1.82, 2.24) is 0 Å². The summed E-state index contributed by atoms with van der Waals surface area (Å²) in [6.45, 7) is 5.41. The molecule has 2 heterocycles. The largest absolute Gasteiger partial charge is 0.485 e. The normalized spacial score (nSPS) is 15.5. The highest BCUT2D eigenvalue weighted by molar-refractivity contribution is 8.41. The van der Waals surface area contributed by atoms with Crippen molar-refractivity contribution in [1.29, 1.82) is 0 Å². The molecule has 2 aliphatic rings. The van der Waals surface area contributed by atoms with Crippen LogP contribution < -0.4 is 9.47 Å². The molecular weight excluding hydrogens is 769 g/mol. The predicted octanol–water partition coefficient (Wildman–Crippen LogP) is 15.3. The lowest BCUT2D eigenvalue weighted by Crippen LogP contribution is -2.03. The Morgan fingerprint density at radius 1 is 0.500 bits per heavy atom. The minimum atomic E-state index is 0.502. The number of rotatable bonds is 16. The molecule has 0 atom stereocenters. The smallest absolute Gasteiger partial charge is 0.170 e. The quantitative estimate of drug-likeness (QED) is 0.0801. The van der Waals surface area contributed by atoms with Crippen LogP contribution in [-0.2, 0) is 0 Å². The third-order valence-corrected chi connectivity index (χ3v) is 18.4. The van der Waals surface area contributed by atoms with Gasteiger partial charge < -0.3 is 9.47 Å². The van der Waals surface area contributed by atoms with Gasteiger partial charge in [0, 0.05) is 21.5 Å². The molecule has 2 nitrogen and oxygen atoms in total. The molecule has 0 aliphatic carbocycles. The fourth-order valence-electron chi connectivity index (χ4n) is 5.91. The van der Waals surface area contributed by atoms with Crippen molar-refractivity contribution in [3.8, 4) is 11.5 Å². The Labute approximate surface area is 331 Å². The van der Waals surface area contributed by atoms with Gasteiger partial charge in [0.25, 0.3) is 0 Å². The molecule has 10 heteroatoms. The van der Waals surface area contributed by atoms with E-state index in [1.807, 2.05) is 94.1 Å². The highest BCUT2D eigenvalue weighted by atomic mass is 32.3. The van der Waals surface area contributed by atoms with Crippen LogP contribution in [0.5, 0.6) is 11.5 Å². The molecule has 0 amide bonds. The van der Waals surface area contributed by atoms with E-state index in [1.54, 1.807) is 0 Å². The minimum Gasteiger partial charge on any atom is -0.485 e. The Kier molecular flexibility index (Phi) is 14.4. The Bertz CT molecular complexity index is 1860. The highest BCUT2D eigenvalue weighted by Crippen LogP contribution is 2.58. The number of ether oxygens (including phenoxy) is 2. The second-order valence-corrected chi connectivity index (χ2v) is 20.4. The molecular formula is C40H42O2S8. The first-order valence-corrected chi connectivity index (χ1v) is 24.8. The molecule has 0 radical (unpaired) electrons. The molecule has 0 saturated carbocycles. The van der Waals surface area contributed by atoms with Crippen molar-refractivity contribution in [3.63, 3.8) is 0 Å². The second kappa shape index (κ2) is 18.7. The van der Waals surface area contributed by atoms with Crippen LogP contribution in [0.1, 0.15) is 50.7 Å². The van der Waals surface area contributed by atoms with Gasteiger partial charge in [-0.25, -0.2) is 0 Å². The molecule has 6 rings (SSSR count). The van der Waals surface area contributed by atoms with Crippen LogP contribution in [0.15, 0.2) is 86.1 Å². The summed E-state index contributed by atoms with van der Waals surface area (Å²) in [5.41, 5.74) is 2.46. The van der Waals surface area contributed by atoms with E-state index in [9.17, 15) is 0 Å². The molecule has 0 unspecified atom stereocenters. The zero-order valence-electron chi connectivity index (χ0n) is 29.3. The van der Waals surface area contributed by atoms with Gasteiger partial charge >= 0.3 is 0 Å². The maximum Gasteiger partial charge on any atom is 0.170 e. The van der Waals surface area contributed by atoms with E-state index in [0.29, 0.717) is 13.2 Å². The molecule has 0 aromatic heterocycles. The first-order chi connectivity index (χ1) is 24.5. The van der Waals surface area contributed by atoms with Crippen molar-refractivity contribution in [3.05, 3.63) is 97.3 Å². The monoisotopic (exact) mass is 810 g/mol. The third-order valence-electron chi connectivity index (χ3n) is 8.21. The number of unbranched alkanes of at least 4 members (excludes halogenated alkanes) is 2. The number of hydrogen-bond donors (Lipinski definition) is 0. The van der Waals surface area contributed by atoms with E-state index in [1.165, 1.54) is 58.1 Å². The number of hydrogen-bond acceptors (Lipinski definition) is 10. The summed E-state index contributed by atoms with van der Waals surface area (Å²) < 4.78 is 21.6. The van der Waals surface area contributed by atoms with Crippen molar-refractivity contribution < 1.29 is 9.47 Å². The van der Waals surface area contributed by atoms with Gasteiger partial charge in [0.1, 0.15) is 13.2 Å². The van der Waals surface area contributed by atoms with E-state index < -0.39 is 0 Å². The molecule has 262 valence electrons. The van der Waals surface area contributed by atoms with Gasteiger partial charge in [-0.1, -0.05) is 122 Å². The lowest BCUT2D eigenvalue weighted by molar-refractivity contribution is 0.314. The van der Waals surface area contributed by atoms with E-state index >= 15 is 0 Å². The summed E-state index contributed by atoms with van der Waals surface area (Å²) in [4.78, 5) is 0. The topological polar surface area (TPSA) is 18.5 Å². The average Bonchev–Trinajstić information content (AvgIpc) is 3.74. The zero-order valence-corrected chi connectivity index (χ0v) is 35.8. The first-order valence-electron chi connectivity index (χ1n) is 16.7. The van der Waals surface area contributed by atoms with Gasteiger partial charge in [0.05, 0.1) is 25.4 Å². The van der Waals surface area contributed by atoms with Crippen LogP contribution in [0.25, 0.3) is 44.5 Å². The van der Waals surface area contributed by atoms with Crippen LogP contribution in [0.2, 0.25) is 0 Å². The van der Waals surface area contributed by atoms with Gasteiger partial charge in [0.2, 0.25) is 0 Å². The van der Waals surface area contributed by atoms with Crippen molar-refractivity contribution in [2.45, 2.75) is 39.5 Å². The lowest BCUT2D eigenvalue weighted by atomic mass is 9.89. The predicted molar refractivity (Wildman–Crippen MR) is 244 cm³/mol. The van der Waals surface area contributed by atoms with E-state index in [-0.39, 0.29) is 0 Å². The Hall–Kier alpha value is -1.24. The van der Waals surface area contributed by atoms with Crippen molar-refractivity contribution in [2.75, 3.05) is 38.2 Å². The average molecular weight is 811 g/mol. The Morgan fingerprint density at radius 3 is 1.20 bits per heavy atom. The van der Waals surface area contributed by atoms with E-state index in [0.717, 1.165) is 48.0 Å². The second-order valence-electron chi connectivity index (χ2n) is 11.4. The Morgan fingerprint density at radius 2 is 0.860 bits per heavy atom. The molecule has 4 aromatic rings. The maximum atomic E-state index is 6.69.